The summed E-state index contributed by atoms with van der Waals surface area (Å²) in [6.45, 7) is 5.93. The van der Waals surface area contributed by atoms with Crippen molar-refractivity contribution in [2.24, 2.45) is 4.99 Å². The molecule has 2 aromatic rings. The minimum absolute atomic E-state index is 0. The van der Waals surface area contributed by atoms with Crippen molar-refractivity contribution >= 4 is 52.2 Å². The number of aliphatic imine (C=N–C) groups is 1. The lowest BCUT2D eigenvalue weighted by atomic mass is 10.1. The molecule has 1 aliphatic heterocycles. The maximum absolute atomic E-state index is 11.8. The summed E-state index contributed by atoms with van der Waals surface area (Å²) in [6, 6.07) is 8.04. The third kappa shape index (κ3) is 6.69. The maximum Gasteiger partial charge on any atom is 0.287 e. The Morgan fingerprint density at radius 2 is 2.11 bits per heavy atom. The van der Waals surface area contributed by atoms with Gasteiger partial charge in [-0.1, -0.05) is 0 Å². The molecule has 0 radical (unpaired) electrons. The van der Waals surface area contributed by atoms with Crippen molar-refractivity contribution in [2.45, 2.75) is 25.8 Å². The Bertz CT molecular complexity index is 713. The molecular weight excluding hydrogens is 489 g/mol. The molecule has 1 saturated heterocycles. The monoisotopic (exact) mass is 517 g/mol. The van der Waals surface area contributed by atoms with E-state index in [0.717, 1.165) is 38.4 Å². The van der Waals surface area contributed by atoms with Gasteiger partial charge in [0.25, 0.3) is 5.91 Å². The van der Waals surface area contributed by atoms with Gasteiger partial charge in [-0.15, -0.1) is 35.3 Å². The molecule has 28 heavy (non-hydrogen) atoms. The Morgan fingerprint density at radius 3 is 2.75 bits per heavy atom. The molecule has 0 spiro atoms. The quantitative estimate of drug-likeness (QED) is 0.228. The topological polar surface area (TPSA) is 81.9 Å². The molecule has 7 nitrogen and oxygen atoms in total. The van der Waals surface area contributed by atoms with Crippen LogP contribution in [0, 0.1) is 0 Å². The Hall–Kier alpha value is -1.75. The van der Waals surface area contributed by atoms with Crippen LogP contribution in [0.5, 0.6) is 0 Å². The average Bonchev–Trinajstić information content (AvgIpc) is 3.39. The summed E-state index contributed by atoms with van der Waals surface area (Å²) in [5.41, 5.74) is 0. The van der Waals surface area contributed by atoms with Crippen LogP contribution < -0.4 is 20.9 Å². The van der Waals surface area contributed by atoms with E-state index in [1.54, 1.807) is 23.5 Å². The highest BCUT2D eigenvalue weighted by molar-refractivity contribution is 14.0. The highest BCUT2D eigenvalue weighted by atomic mass is 127. The first kappa shape index (κ1) is 22.5. The molecule has 3 N–H and O–H groups in total. The van der Waals surface area contributed by atoms with Crippen LogP contribution in [0.4, 0.5) is 5.00 Å². The number of anilines is 1. The summed E-state index contributed by atoms with van der Waals surface area (Å²) in [7, 11) is 0. The van der Waals surface area contributed by atoms with Gasteiger partial charge in [0.15, 0.2) is 11.7 Å². The summed E-state index contributed by atoms with van der Waals surface area (Å²) >= 11 is 1.80. The Kier molecular flexibility index (Phi) is 9.62. The van der Waals surface area contributed by atoms with E-state index >= 15 is 0 Å². The number of rotatable bonds is 7. The summed E-state index contributed by atoms with van der Waals surface area (Å²) in [5.74, 6) is 0.912. The van der Waals surface area contributed by atoms with Gasteiger partial charge >= 0.3 is 0 Å². The van der Waals surface area contributed by atoms with E-state index < -0.39 is 0 Å². The number of piperidine rings is 1. The lowest BCUT2D eigenvalue weighted by molar-refractivity contribution is 0.0927. The van der Waals surface area contributed by atoms with Crippen LogP contribution in [0.15, 0.2) is 45.3 Å². The number of furan rings is 1. The zero-order valence-corrected chi connectivity index (χ0v) is 19.2. The highest BCUT2D eigenvalue weighted by Crippen LogP contribution is 2.24. The van der Waals surface area contributed by atoms with Crippen LogP contribution in [-0.2, 0) is 0 Å². The zero-order valence-electron chi connectivity index (χ0n) is 16.0. The molecule has 3 heterocycles. The van der Waals surface area contributed by atoms with E-state index in [9.17, 15) is 4.79 Å². The summed E-state index contributed by atoms with van der Waals surface area (Å²) in [5, 5.41) is 13.1. The van der Waals surface area contributed by atoms with Crippen molar-refractivity contribution in [2.75, 3.05) is 37.6 Å². The Morgan fingerprint density at radius 1 is 1.29 bits per heavy atom. The molecule has 1 fully saturated rings. The lowest BCUT2D eigenvalue weighted by Crippen LogP contribution is -2.48. The normalized spacial score (nSPS) is 15.0. The number of guanidine groups is 1. The van der Waals surface area contributed by atoms with Gasteiger partial charge in [0.05, 0.1) is 17.8 Å². The van der Waals surface area contributed by atoms with Crippen molar-refractivity contribution in [1.82, 2.24) is 16.0 Å². The Balaban J connectivity index is 0.00000280. The fourth-order valence-electron chi connectivity index (χ4n) is 3.04. The standard InChI is InChI=1S/C19H27N5O2S.HI/c1-2-20-19(22-10-9-21-18(25)16-5-3-13-26-16)23-15-7-11-24(12-8-15)17-6-4-14-27-17;/h3-6,13-15H,2,7-12H2,1H3,(H,21,25)(H2,20,22,23);1H. The van der Waals surface area contributed by atoms with Crippen molar-refractivity contribution in [1.29, 1.82) is 0 Å². The van der Waals surface area contributed by atoms with E-state index in [1.165, 1.54) is 11.3 Å². The highest BCUT2D eigenvalue weighted by Gasteiger charge is 2.20. The van der Waals surface area contributed by atoms with Crippen molar-refractivity contribution in [3.8, 4) is 0 Å². The number of carbonyl (C=O) groups excluding carboxylic acids is 1. The molecule has 0 bridgehead atoms. The van der Waals surface area contributed by atoms with Gasteiger partial charge in [-0.3, -0.25) is 9.79 Å². The van der Waals surface area contributed by atoms with Crippen LogP contribution in [0.1, 0.15) is 30.3 Å². The molecule has 2 aromatic heterocycles. The van der Waals surface area contributed by atoms with Gasteiger partial charge in [-0.05, 0) is 49.4 Å². The van der Waals surface area contributed by atoms with Crippen LogP contribution in [0.3, 0.4) is 0 Å². The number of amides is 1. The number of carbonyl (C=O) groups is 1. The number of halogens is 1. The van der Waals surface area contributed by atoms with Crippen LogP contribution in [0.25, 0.3) is 0 Å². The SMILES string of the molecule is CCNC(=NCCNC(=O)c1ccco1)NC1CCN(c2cccs2)CC1.I. The zero-order chi connectivity index (χ0) is 18.9. The second-order valence-electron chi connectivity index (χ2n) is 6.35. The fraction of sp³-hybridized carbons (Fsp3) is 0.474. The molecule has 154 valence electrons. The van der Waals surface area contributed by atoms with Gasteiger partial charge in [0.1, 0.15) is 0 Å². The third-order valence-corrected chi connectivity index (χ3v) is 5.34. The largest absolute Gasteiger partial charge is 0.459 e. The predicted octanol–water partition coefficient (Wildman–Crippen LogP) is 2.91. The van der Waals surface area contributed by atoms with E-state index in [0.29, 0.717) is 24.9 Å². The average molecular weight is 517 g/mol. The van der Waals surface area contributed by atoms with E-state index in [2.05, 4.69) is 50.3 Å². The van der Waals surface area contributed by atoms with Crippen molar-refractivity contribution in [3.63, 3.8) is 0 Å². The first-order chi connectivity index (χ1) is 13.3. The second kappa shape index (κ2) is 11.9. The Labute approximate surface area is 187 Å². The maximum atomic E-state index is 11.8. The molecule has 0 aliphatic carbocycles. The summed E-state index contributed by atoms with van der Waals surface area (Å²) < 4.78 is 5.07. The number of hydrogen-bond acceptors (Lipinski definition) is 5. The second-order valence-corrected chi connectivity index (χ2v) is 7.28. The number of nitrogens with zero attached hydrogens (tertiary/aromatic N) is 2. The number of thiophene rings is 1. The number of hydrogen-bond donors (Lipinski definition) is 3. The third-order valence-electron chi connectivity index (χ3n) is 4.41. The molecule has 0 atom stereocenters. The van der Waals surface area contributed by atoms with Crippen molar-refractivity contribution < 1.29 is 9.21 Å². The van der Waals surface area contributed by atoms with Gasteiger partial charge in [-0.25, -0.2) is 0 Å². The summed E-state index contributed by atoms with van der Waals surface area (Å²) in [4.78, 5) is 18.8. The molecule has 0 aromatic carbocycles. The predicted molar refractivity (Wildman–Crippen MR) is 125 cm³/mol. The van der Waals surface area contributed by atoms with Gasteiger partial charge in [-0.2, -0.15) is 0 Å². The van der Waals surface area contributed by atoms with Gasteiger partial charge in [0.2, 0.25) is 0 Å². The first-order valence-electron chi connectivity index (χ1n) is 9.41. The number of nitrogens with one attached hydrogen (secondary N) is 3. The van der Waals surface area contributed by atoms with E-state index in [1.807, 2.05) is 0 Å². The minimum Gasteiger partial charge on any atom is -0.459 e. The molecule has 1 aliphatic rings. The van der Waals surface area contributed by atoms with E-state index in [4.69, 9.17) is 4.42 Å². The fourth-order valence-corrected chi connectivity index (χ4v) is 3.82. The van der Waals surface area contributed by atoms with E-state index in [-0.39, 0.29) is 29.9 Å². The van der Waals surface area contributed by atoms with Crippen LogP contribution >= 0.6 is 35.3 Å². The molecule has 0 unspecified atom stereocenters. The minimum atomic E-state index is -0.214. The van der Waals surface area contributed by atoms with Crippen molar-refractivity contribution in [3.05, 3.63) is 41.7 Å². The summed E-state index contributed by atoms with van der Waals surface area (Å²) in [6.07, 6.45) is 3.65. The molecular formula is C19H28IN5O2S. The van der Waals surface area contributed by atoms with Gasteiger partial charge < -0.3 is 25.3 Å². The van der Waals surface area contributed by atoms with Crippen LogP contribution in [-0.4, -0.2) is 50.6 Å². The molecule has 9 heteroatoms. The molecule has 0 saturated carbocycles. The smallest absolute Gasteiger partial charge is 0.287 e. The molecule has 1 amide bonds. The first-order valence-corrected chi connectivity index (χ1v) is 10.3. The molecule has 3 rings (SSSR count). The lowest BCUT2D eigenvalue weighted by Gasteiger charge is -2.33. The van der Waals surface area contributed by atoms with Crippen LogP contribution in [0.2, 0.25) is 0 Å². The van der Waals surface area contributed by atoms with Gasteiger partial charge in [0, 0.05) is 32.2 Å².